The molecule has 0 bridgehead atoms. The number of carbonyl (C=O) groups excluding carboxylic acids is 1. The monoisotopic (exact) mass is 341 g/mol. The van der Waals surface area contributed by atoms with Crippen molar-refractivity contribution in [1.82, 2.24) is 5.32 Å². The van der Waals surface area contributed by atoms with Gasteiger partial charge in [-0.25, -0.2) is 4.39 Å². The lowest BCUT2D eigenvalue weighted by molar-refractivity contribution is 0.0922. The fraction of sp³-hybridized carbons (Fsp3) is 0.105. The summed E-state index contributed by atoms with van der Waals surface area (Å²) in [5, 5.41) is 2.80. The van der Waals surface area contributed by atoms with E-state index in [0.29, 0.717) is 18.1 Å². The molecule has 1 amide bonds. The molecule has 3 nitrogen and oxygen atoms in total. The molecule has 1 N–H and O–H groups in total. The molecule has 0 aliphatic rings. The normalized spacial score (nSPS) is 10.5. The molecular weight excluding hydrogens is 325 g/mol. The SMILES string of the molecule is O=C(NCc1ccc(F)cc1)c1occc1CSc1ccccc1. The van der Waals surface area contributed by atoms with Gasteiger partial charge >= 0.3 is 0 Å². The van der Waals surface area contributed by atoms with E-state index in [1.165, 1.54) is 18.4 Å². The van der Waals surface area contributed by atoms with E-state index >= 15 is 0 Å². The van der Waals surface area contributed by atoms with Crippen molar-refractivity contribution < 1.29 is 13.6 Å². The molecule has 1 heterocycles. The first kappa shape index (κ1) is 16.3. The van der Waals surface area contributed by atoms with Crippen LogP contribution in [0.5, 0.6) is 0 Å². The van der Waals surface area contributed by atoms with Crippen molar-refractivity contribution in [2.24, 2.45) is 0 Å². The number of benzene rings is 2. The Morgan fingerprint density at radius 1 is 1.04 bits per heavy atom. The van der Waals surface area contributed by atoms with Gasteiger partial charge in [-0.2, -0.15) is 0 Å². The van der Waals surface area contributed by atoms with Crippen LogP contribution in [0, 0.1) is 5.82 Å². The van der Waals surface area contributed by atoms with Crippen LogP contribution < -0.4 is 5.32 Å². The predicted octanol–water partition coefficient (Wildman–Crippen LogP) is 4.64. The van der Waals surface area contributed by atoms with Crippen LogP contribution in [-0.4, -0.2) is 5.91 Å². The van der Waals surface area contributed by atoms with Crippen LogP contribution >= 0.6 is 11.8 Å². The second kappa shape index (κ2) is 7.84. The number of amides is 1. The van der Waals surface area contributed by atoms with E-state index in [1.807, 2.05) is 36.4 Å². The van der Waals surface area contributed by atoms with Gasteiger partial charge in [-0.15, -0.1) is 11.8 Å². The second-order valence-corrected chi connectivity index (χ2v) is 6.23. The Morgan fingerprint density at radius 2 is 1.79 bits per heavy atom. The molecule has 0 fully saturated rings. The summed E-state index contributed by atoms with van der Waals surface area (Å²) < 4.78 is 18.2. The summed E-state index contributed by atoms with van der Waals surface area (Å²) in [7, 11) is 0. The summed E-state index contributed by atoms with van der Waals surface area (Å²) in [5.41, 5.74) is 1.68. The van der Waals surface area contributed by atoms with Gasteiger partial charge in [0.25, 0.3) is 5.91 Å². The first-order chi connectivity index (χ1) is 11.7. The van der Waals surface area contributed by atoms with E-state index in [-0.39, 0.29) is 11.7 Å². The van der Waals surface area contributed by atoms with Gasteiger partial charge in [0.05, 0.1) is 6.26 Å². The van der Waals surface area contributed by atoms with Crippen molar-refractivity contribution in [3.8, 4) is 0 Å². The van der Waals surface area contributed by atoms with E-state index in [9.17, 15) is 9.18 Å². The minimum Gasteiger partial charge on any atom is -0.459 e. The Balaban J connectivity index is 1.59. The first-order valence-electron chi connectivity index (χ1n) is 7.49. The number of nitrogens with one attached hydrogen (secondary N) is 1. The number of halogens is 1. The average Bonchev–Trinajstić information content (AvgIpc) is 3.09. The van der Waals surface area contributed by atoms with Crippen molar-refractivity contribution in [1.29, 1.82) is 0 Å². The molecule has 0 saturated carbocycles. The second-order valence-electron chi connectivity index (χ2n) is 5.19. The molecule has 0 aliphatic heterocycles. The maximum absolute atomic E-state index is 12.9. The predicted molar refractivity (Wildman–Crippen MR) is 92.3 cm³/mol. The van der Waals surface area contributed by atoms with E-state index in [2.05, 4.69) is 5.32 Å². The highest BCUT2D eigenvalue weighted by Gasteiger charge is 2.15. The molecular formula is C19H16FNO2S. The fourth-order valence-corrected chi connectivity index (χ4v) is 3.09. The minimum atomic E-state index is -0.295. The summed E-state index contributed by atoms with van der Waals surface area (Å²) in [5.74, 6) is 0.407. The van der Waals surface area contributed by atoms with Gasteiger partial charge in [-0.3, -0.25) is 4.79 Å². The Hall–Kier alpha value is -2.53. The summed E-state index contributed by atoms with van der Waals surface area (Å²) in [6.45, 7) is 0.324. The van der Waals surface area contributed by atoms with Crippen molar-refractivity contribution in [2.75, 3.05) is 0 Å². The first-order valence-corrected chi connectivity index (χ1v) is 8.48. The van der Waals surface area contributed by atoms with E-state index in [0.717, 1.165) is 16.0 Å². The summed E-state index contributed by atoms with van der Waals surface area (Å²) in [4.78, 5) is 13.4. The zero-order valence-corrected chi connectivity index (χ0v) is 13.7. The molecule has 0 spiro atoms. The van der Waals surface area contributed by atoms with Crippen LogP contribution in [0.4, 0.5) is 4.39 Å². The van der Waals surface area contributed by atoms with E-state index < -0.39 is 0 Å². The third-order valence-electron chi connectivity index (χ3n) is 3.46. The molecule has 24 heavy (non-hydrogen) atoms. The smallest absolute Gasteiger partial charge is 0.287 e. The van der Waals surface area contributed by atoms with E-state index in [1.54, 1.807) is 23.9 Å². The molecule has 1 aromatic heterocycles. The molecule has 3 aromatic rings. The van der Waals surface area contributed by atoms with Crippen LogP contribution in [0.25, 0.3) is 0 Å². The van der Waals surface area contributed by atoms with Gasteiger partial charge in [0.2, 0.25) is 0 Å². The van der Waals surface area contributed by atoms with Crippen LogP contribution in [0.2, 0.25) is 0 Å². The molecule has 0 radical (unpaired) electrons. The fourth-order valence-electron chi connectivity index (χ4n) is 2.19. The Morgan fingerprint density at radius 3 is 2.54 bits per heavy atom. The van der Waals surface area contributed by atoms with Crippen LogP contribution in [0.3, 0.4) is 0 Å². The highest BCUT2D eigenvalue weighted by molar-refractivity contribution is 7.98. The average molecular weight is 341 g/mol. The maximum atomic E-state index is 12.9. The van der Waals surface area contributed by atoms with Crippen molar-refractivity contribution in [2.45, 2.75) is 17.2 Å². The van der Waals surface area contributed by atoms with Crippen molar-refractivity contribution in [3.63, 3.8) is 0 Å². The van der Waals surface area contributed by atoms with Gasteiger partial charge in [-0.05, 0) is 35.9 Å². The van der Waals surface area contributed by atoms with Crippen LogP contribution in [0.1, 0.15) is 21.7 Å². The van der Waals surface area contributed by atoms with Crippen molar-refractivity contribution in [3.05, 3.63) is 89.6 Å². The molecule has 0 saturated heterocycles. The molecule has 0 unspecified atom stereocenters. The quantitative estimate of drug-likeness (QED) is 0.664. The lowest BCUT2D eigenvalue weighted by Gasteiger charge is -2.06. The summed E-state index contributed by atoms with van der Waals surface area (Å²) in [6, 6.07) is 17.8. The Kier molecular flexibility index (Phi) is 5.33. The summed E-state index contributed by atoms with van der Waals surface area (Å²) in [6.07, 6.45) is 1.52. The highest BCUT2D eigenvalue weighted by atomic mass is 32.2. The third kappa shape index (κ3) is 4.26. The Bertz CT molecular complexity index is 800. The van der Waals surface area contributed by atoms with Gasteiger partial charge in [0.15, 0.2) is 5.76 Å². The standard InChI is InChI=1S/C19H16FNO2S/c20-16-8-6-14(7-9-16)12-21-19(22)18-15(10-11-23-18)13-24-17-4-2-1-3-5-17/h1-11H,12-13H2,(H,21,22). The van der Waals surface area contributed by atoms with Crippen LogP contribution in [-0.2, 0) is 12.3 Å². The number of hydrogen-bond acceptors (Lipinski definition) is 3. The Labute approximate surface area is 143 Å². The van der Waals surface area contributed by atoms with E-state index in [4.69, 9.17) is 4.42 Å². The maximum Gasteiger partial charge on any atom is 0.287 e. The van der Waals surface area contributed by atoms with Crippen LogP contribution in [0.15, 0.2) is 76.2 Å². The van der Waals surface area contributed by atoms with Gasteiger partial charge in [-0.1, -0.05) is 30.3 Å². The number of hydrogen-bond donors (Lipinski definition) is 1. The minimum absolute atomic E-state index is 0.270. The number of thioether (sulfide) groups is 1. The highest BCUT2D eigenvalue weighted by Crippen LogP contribution is 2.24. The molecule has 3 rings (SSSR count). The zero-order chi connectivity index (χ0) is 16.8. The number of carbonyl (C=O) groups is 1. The van der Waals surface area contributed by atoms with Gasteiger partial charge in [0.1, 0.15) is 5.82 Å². The lowest BCUT2D eigenvalue weighted by Crippen LogP contribution is -2.23. The third-order valence-corrected chi connectivity index (χ3v) is 4.52. The van der Waals surface area contributed by atoms with Gasteiger partial charge in [0, 0.05) is 22.8 Å². The van der Waals surface area contributed by atoms with Crippen molar-refractivity contribution >= 4 is 17.7 Å². The molecule has 0 atom stereocenters. The number of rotatable bonds is 6. The molecule has 122 valence electrons. The topological polar surface area (TPSA) is 42.2 Å². The largest absolute Gasteiger partial charge is 0.459 e. The molecule has 0 aliphatic carbocycles. The van der Waals surface area contributed by atoms with Gasteiger partial charge < -0.3 is 9.73 Å². The lowest BCUT2D eigenvalue weighted by atomic mass is 10.2. The summed E-state index contributed by atoms with van der Waals surface area (Å²) >= 11 is 1.64. The molecule has 2 aromatic carbocycles. The zero-order valence-electron chi connectivity index (χ0n) is 12.9. The number of furan rings is 1. The molecule has 5 heteroatoms.